The summed E-state index contributed by atoms with van der Waals surface area (Å²) in [5.74, 6) is -0.335. The SMILES string of the molecule is CC(=O)O[C@@H](C)C(=O)N1C[C@@H]2[C@H](C1)[C@H]2N(C)c1nc(-c2ccncc2F)cc(=O)n1C. The molecular weight excluding hydrogens is 405 g/mol. The van der Waals surface area contributed by atoms with E-state index < -0.39 is 17.9 Å². The minimum Gasteiger partial charge on any atom is -0.453 e. The van der Waals surface area contributed by atoms with E-state index in [0.717, 1.165) is 6.20 Å². The molecule has 0 radical (unpaired) electrons. The van der Waals surface area contributed by atoms with Crippen LogP contribution in [0.3, 0.4) is 0 Å². The Morgan fingerprint density at radius 3 is 2.61 bits per heavy atom. The molecule has 4 rings (SSSR count). The molecule has 9 nitrogen and oxygen atoms in total. The molecule has 0 bridgehead atoms. The largest absolute Gasteiger partial charge is 0.453 e. The first-order valence-electron chi connectivity index (χ1n) is 10.1. The van der Waals surface area contributed by atoms with Crippen molar-refractivity contribution < 1.29 is 18.7 Å². The van der Waals surface area contributed by atoms with Gasteiger partial charge in [-0.3, -0.25) is 23.9 Å². The summed E-state index contributed by atoms with van der Waals surface area (Å²) in [6, 6.07) is 2.91. The lowest BCUT2D eigenvalue weighted by Gasteiger charge is -2.27. The van der Waals surface area contributed by atoms with Crippen LogP contribution in [-0.2, 0) is 21.4 Å². The van der Waals surface area contributed by atoms with Crippen LogP contribution in [0.1, 0.15) is 13.8 Å². The summed E-state index contributed by atoms with van der Waals surface area (Å²) in [6.07, 6.45) is 1.74. The van der Waals surface area contributed by atoms with Crippen LogP contribution in [0.4, 0.5) is 10.3 Å². The molecule has 31 heavy (non-hydrogen) atoms. The van der Waals surface area contributed by atoms with Gasteiger partial charge in [-0.05, 0) is 13.0 Å². The average molecular weight is 429 g/mol. The van der Waals surface area contributed by atoms with Crippen molar-refractivity contribution in [3.8, 4) is 11.3 Å². The summed E-state index contributed by atoms with van der Waals surface area (Å²) >= 11 is 0. The van der Waals surface area contributed by atoms with Crippen LogP contribution in [0.2, 0.25) is 0 Å². The van der Waals surface area contributed by atoms with E-state index in [1.54, 1.807) is 18.9 Å². The molecule has 3 heterocycles. The number of aromatic nitrogens is 3. The summed E-state index contributed by atoms with van der Waals surface area (Å²) in [5, 5.41) is 0. The summed E-state index contributed by atoms with van der Waals surface area (Å²) < 4.78 is 20.6. The van der Waals surface area contributed by atoms with Crippen molar-refractivity contribution in [2.45, 2.75) is 26.0 Å². The number of esters is 1. The van der Waals surface area contributed by atoms with Gasteiger partial charge in [-0.15, -0.1) is 0 Å². The second kappa shape index (κ2) is 7.75. The number of halogens is 1. The molecule has 1 saturated carbocycles. The zero-order valence-electron chi connectivity index (χ0n) is 17.8. The second-order valence-electron chi connectivity index (χ2n) is 8.12. The van der Waals surface area contributed by atoms with Crippen LogP contribution < -0.4 is 10.5 Å². The highest BCUT2D eigenvalue weighted by Crippen LogP contribution is 2.49. The lowest BCUT2D eigenvalue weighted by atomic mass is 10.2. The molecule has 1 aliphatic carbocycles. The monoisotopic (exact) mass is 429 g/mol. The first-order valence-corrected chi connectivity index (χ1v) is 10.1. The van der Waals surface area contributed by atoms with Gasteiger partial charge in [0.2, 0.25) is 5.95 Å². The highest BCUT2D eigenvalue weighted by Gasteiger charge is 2.59. The van der Waals surface area contributed by atoms with E-state index >= 15 is 0 Å². The Hall–Kier alpha value is -3.30. The lowest BCUT2D eigenvalue weighted by Crippen LogP contribution is -2.42. The van der Waals surface area contributed by atoms with Crippen LogP contribution in [0, 0.1) is 17.7 Å². The summed E-state index contributed by atoms with van der Waals surface area (Å²) in [6.45, 7) is 3.95. The maximum absolute atomic E-state index is 14.2. The number of amides is 1. The zero-order valence-corrected chi connectivity index (χ0v) is 17.8. The van der Waals surface area contributed by atoms with Crippen molar-refractivity contribution in [2.75, 3.05) is 25.0 Å². The third-order valence-corrected chi connectivity index (χ3v) is 6.07. The van der Waals surface area contributed by atoms with Gasteiger partial charge in [0.25, 0.3) is 11.5 Å². The summed E-state index contributed by atoms with van der Waals surface area (Å²) in [5.41, 5.74) is 0.179. The molecule has 1 amide bonds. The third-order valence-electron chi connectivity index (χ3n) is 6.07. The van der Waals surface area contributed by atoms with Gasteiger partial charge in [0.1, 0.15) is 0 Å². The van der Waals surface area contributed by atoms with Crippen LogP contribution in [0.25, 0.3) is 11.3 Å². The number of hydrogen-bond donors (Lipinski definition) is 0. The molecule has 0 unspecified atom stereocenters. The van der Waals surface area contributed by atoms with E-state index in [-0.39, 0.29) is 40.6 Å². The number of nitrogens with zero attached hydrogens (tertiary/aromatic N) is 5. The third kappa shape index (κ3) is 3.77. The quantitative estimate of drug-likeness (QED) is 0.650. The van der Waals surface area contributed by atoms with Crippen molar-refractivity contribution in [3.63, 3.8) is 0 Å². The number of hydrogen-bond acceptors (Lipinski definition) is 7. The van der Waals surface area contributed by atoms with Gasteiger partial charge in [-0.2, -0.15) is 0 Å². The molecule has 10 heteroatoms. The highest BCUT2D eigenvalue weighted by molar-refractivity contribution is 5.83. The lowest BCUT2D eigenvalue weighted by molar-refractivity contribution is -0.157. The van der Waals surface area contributed by atoms with Gasteiger partial charge < -0.3 is 14.5 Å². The zero-order chi connectivity index (χ0) is 22.4. The number of fused-ring (bicyclic) bond motifs is 1. The Labute approximate surface area is 178 Å². The van der Waals surface area contributed by atoms with E-state index in [1.165, 1.54) is 29.8 Å². The van der Waals surface area contributed by atoms with Crippen molar-refractivity contribution in [1.82, 2.24) is 19.4 Å². The van der Waals surface area contributed by atoms with Gasteiger partial charge in [0, 0.05) is 69.8 Å². The first kappa shape index (κ1) is 21.0. The van der Waals surface area contributed by atoms with E-state index in [0.29, 0.717) is 19.0 Å². The number of likely N-dealkylation sites (tertiary alicyclic amines) is 1. The molecule has 0 N–H and O–H groups in total. The van der Waals surface area contributed by atoms with Gasteiger partial charge in [0.15, 0.2) is 11.9 Å². The number of piperidine rings is 1. The number of ether oxygens (including phenoxy) is 1. The Kier molecular flexibility index (Phi) is 5.24. The topological polar surface area (TPSA) is 97.6 Å². The van der Waals surface area contributed by atoms with Gasteiger partial charge >= 0.3 is 5.97 Å². The number of rotatable bonds is 5. The number of pyridine rings is 1. The molecule has 164 valence electrons. The van der Waals surface area contributed by atoms with E-state index in [2.05, 4.69) is 9.97 Å². The standard InChI is InChI=1S/C21H24FN5O4/c1-11(31-12(2)28)20(30)27-9-14-15(10-27)19(14)26(4)21-24-17(7-18(29)25(21)3)13-5-6-23-8-16(13)22/h5-8,11,14-15,19H,9-10H2,1-4H3/t11-,14-,15+,19+/m0/s1. The predicted molar refractivity (Wildman–Crippen MR) is 110 cm³/mol. The number of anilines is 1. The van der Waals surface area contributed by atoms with Crippen LogP contribution in [0.5, 0.6) is 0 Å². The summed E-state index contributed by atoms with van der Waals surface area (Å²) in [4.78, 5) is 48.0. The maximum atomic E-state index is 14.2. The Morgan fingerprint density at radius 1 is 1.32 bits per heavy atom. The molecular formula is C21H24FN5O4. The first-order chi connectivity index (χ1) is 14.7. The molecule has 2 aromatic heterocycles. The minimum atomic E-state index is -0.805. The fraction of sp³-hybridized carbons (Fsp3) is 0.476. The fourth-order valence-corrected chi connectivity index (χ4v) is 4.50. The van der Waals surface area contributed by atoms with Crippen LogP contribution in [0.15, 0.2) is 29.3 Å². The summed E-state index contributed by atoms with van der Waals surface area (Å²) in [7, 11) is 3.48. The van der Waals surface area contributed by atoms with Gasteiger partial charge in [-0.25, -0.2) is 9.37 Å². The normalized spacial score (nSPS) is 22.6. The molecule has 2 fully saturated rings. The van der Waals surface area contributed by atoms with Crippen LogP contribution in [-0.4, -0.2) is 63.6 Å². The van der Waals surface area contributed by atoms with E-state index in [4.69, 9.17) is 4.74 Å². The van der Waals surface area contributed by atoms with E-state index in [9.17, 15) is 18.8 Å². The van der Waals surface area contributed by atoms with Gasteiger partial charge in [0.05, 0.1) is 11.9 Å². The van der Waals surface area contributed by atoms with Crippen LogP contribution >= 0.6 is 0 Å². The maximum Gasteiger partial charge on any atom is 0.303 e. The van der Waals surface area contributed by atoms with Crippen molar-refractivity contribution in [1.29, 1.82) is 0 Å². The highest BCUT2D eigenvalue weighted by atomic mass is 19.1. The molecule has 1 aliphatic heterocycles. The van der Waals surface area contributed by atoms with Crippen molar-refractivity contribution in [2.24, 2.45) is 18.9 Å². The second-order valence-corrected chi connectivity index (χ2v) is 8.12. The Morgan fingerprint density at radius 2 is 2.00 bits per heavy atom. The average Bonchev–Trinajstić information content (AvgIpc) is 3.21. The molecule has 2 aliphatic rings. The van der Waals surface area contributed by atoms with E-state index in [1.807, 2.05) is 11.9 Å². The predicted octanol–water partition coefficient (Wildman–Crippen LogP) is 0.826. The Bertz CT molecular complexity index is 1090. The smallest absolute Gasteiger partial charge is 0.303 e. The molecule has 0 aromatic carbocycles. The molecule has 2 aromatic rings. The van der Waals surface area contributed by atoms with Gasteiger partial charge in [-0.1, -0.05) is 0 Å². The van der Waals surface area contributed by atoms with Crippen molar-refractivity contribution in [3.05, 3.63) is 40.7 Å². The molecule has 4 atom stereocenters. The Balaban J connectivity index is 1.51. The molecule has 1 saturated heterocycles. The number of carbonyl (C=O) groups excluding carboxylic acids is 2. The van der Waals surface area contributed by atoms with Crippen molar-refractivity contribution >= 4 is 17.8 Å². The number of carbonyl (C=O) groups is 2. The minimum absolute atomic E-state index is 0.115. The molecule has 0 spiro atoms. The fourth-order valence-electron chi connectivity index (χ4n) is 4.50.